The number of aryl methyl sites for hydroxylation is 4. The number of carboxylic acids is 1. The highest BCUT2D eigenvalue weighted by Gasteiger charge is 2.43. The van der Waals surface area contributed by atoms with Gasteiger partial charge in [-0.2, -0.15) is 5.21 Å². The number of ether oxygens (including phenoxy) is 1. The molecule has 4 aromatic carbocycles. The van der Waals surface area contributed by atoms with Crippen molar-refractivity contribution in [3.63, 3.8) is 0 Å². The zero-order chi connectivity index (χ0) is 80.2. The molecule has 1 saturated heterocycles. The van der Waals surface area contributed by atoms with Gasteiger partial charge in [0.05, 0.1) is 57.2 Å². The number of aromatic nitrogens is 4. The molecule has 110 heavy (non-hydrogen) atoms. The fraction of sp³-hybridized carbons (Fsp3) is 0.507. The lowest BCUT2D eigenvalue weighted by atomic mass is 9.90. The van der Waals surface area contributed by atoms with Crippen molar-refractivity contribution < 1.29 is 82.3 Å². The molecule has 5 aromatic rings. The molecule has 0 saturated carbocycles. The highest BCUT2D eigenvalue weighted by atomic mass is 19.1. The summed E-state index contributed by atoms with van der Waals surface area (Å²) in [6, 6.07) is 11.8. The van der Waals surface area contributed by atoms with Gasteiger partial charge in [-0.25, -0.2) is 4.39 Å². The number of aliphatic carboxylic acids is 1. The molecule has 10 amide bonds. The van der Waals surface area contributed by atoms with Gasteiger partial charge in [0.15, 0.2) is 5.82 Å². The average molecular weight is 1530 g/mol. The molecular weight excluding hydrogens is 1430 g/mol. The number of nitrogens with one attached hydrogen (secondary N) is 11. The molecule has 0 aliphatic carbocycles. The third kappa shape index (κ3) is 26.5. The summed E-state index contributed by atoms with van der Waals surface area (Å²) in [7, 11) is 0. The highest BCUT2D eigenvalue weighted by molar-refractivity contribution is 6.00. The molecule has 1 aromatic heterocycles. The van der Waals surface area contributed by atoms with E-state index >= 15 is 4.39 Å². The zero-order valence-electron chi connectivity index (χ0n) is 62.6. The van der Waals surface area contributed by atoms with Crippen molar-refractivity contribution >= 4 is 71.4 Å². The van der Waals surface area contributed by atoms with Gasteiger partial charge in [0.1, 0.15) is 59.4 Å². The van der Waals surface area contributed by atoms with Crippen molar-refractivity contribution in [3.05, 3.63) is 130 Å². The summed E-state index contributed by atoms with van der Waals surface area (Å²) in [5, 5.41) is 81.1. The third-order valence-corrected chi connectivity index (χ3v) is 18.9. The first-order valence-corrected chi connectivity index (χ1v) is 36.7. The number of aliphatic imine (C=N–C) groups is 1. The van der Waals surface area contributed by atoms with Crippen LogP contribution < -0.4 is 69.4 Å². The molecule has 7 rings (SSSR count). The van der Waals surface area contributed by atoms with Crippen molar-refractivity contribution in [3.8, 4) is 16.9 Å². The Morgan fingerprint density at radius 3 is 2.04 bits per heavy atom. The Kier molecular flexibility index (Phi) is 33.1. The van der Waals surface area contributed by atoms with Crippen LogP contribution in [0, 0.1) is 25.6 Å². The first kappa shape index (κ1) is 86.4. The molecule has 34 nitrogen and oxygen atoms in total. The number of aliphatic hydroxyl groups is 3. The molecule has 0 radical (unpaired) electrons. The molecule has 0 spiro atoms. The lowest BCUT2D eigenvalue weighted by Gasteiger charge is -2.34. The van der Waals surface area contributed by atoms with Gasteiger partial charge >= 0.3 is 5.97 Å². The van der Waals surface area contributed by atoms with Gasteiger partial charge in [-0.05, 0) is 151 Å². The minimum absolute atomic E-state index is 0.0530. The number of H-pyrrole nitrogens is 1. The van der Waals surface area contributed by atoms with E-state index < -0.39 is 163 Å². The van der Waals surface area contributed by atoms with E-state index in [-0.39, 0.29) is 36.7 Å². The van der Waals surface area contributed by atoms with E-state index in [0.717, 1.165) is 79.5 Å². The molecular formula is C75H103FN18O16. The van der Waals surface area contributed by atoms with Crippen LogP contribution >= 0.6 is 0 Å². The fourth-order valence-electron chi connectivity index (χ4n) is 12.9. The second kappa shape index (κ2) is 42.2. The molecule has 596 valence electrons. The molecule has 3 heterocycles. The Morgan fingerprint density at radius 1 is 0.736 bits per heavy atom. The fourth-order valence-corrected chi connectivity index (χ4v) is 12.9. The zero-order valence-corrected chi connectivity index (χ0v) is 62.6. The van der Waals surface area contributed by atoms with E-state index in [4.69, 9.17) is 16.2 Å². The highest BCUT2D eigenvalue weighted by Crippen LogP contribution is 2.29. The van der Waals surface area contributed by atoms with Crippen molar-refractivity contribution in [1.29, 1.82) is 0 Å². The minimum atomic E-state index is -2.37. The van der Waals surface area contributed by atoms with Crippen molar-refractivity contribution in [2.24, 2.45) is 22.4 Å². The van der Waals surface area contributed by atoms with Crippen LogP contribution in [-0.2, 0) is 84.8 Å². The topological polar surface area (TPSA) is 520 Å². The molecule has 2 aliphatic rings. The van der Waals surface area contributed by atoms with Gasteiger partial charge in [0, 0.05) is 38.4 Å². The lowest BCUT2D eigenvalue weighted by Crippen LogP contribution is -2.67. The Labute approximate surface area is 636 Å². The normalized spacial score (nSPS) is 17.0. The molecule has 35 heteroatoms. The summed E-state index contributed by atoms with van der Waals surface area (Å²) >= 11 is 0. The number of unbranched alkanes of at least 4 members (excludes halogenated alkanes) is 1. The maximum atomic E-state index is 15.5. The molecule has 1 unspecified atom stereocenters. The van der Waals surface area contributed by atoms with Crippen molar-refractivity contribution in [2.75, 3.05) is 52.5 Å². The number of nitrogens with zero attached hydrogens (tertiary/aromatic N) is 5. The number of amides is 10. The number of benzene rings is 4. The second-order valence-corrected chi connectivity index (χ2v) is 28.0. The van der Waals surface area contributed by atoms with E-state index in [1.54, 1.807) is 30.6 Å². The summed E-state index contributed by atoms with van der Waals surface area (Å²) in [6.45, 7) is 10.5. The van der Waals surface area contributed by atoms with Crippen LogP contribution in [0.25, 0.3) is 11.1 Å². The number of carboxylic acid groups (broad SMARTS) is 1. The van der Waals surface area contributed by atoms with Crippen LogP contribution in [-0.4, -0.2) is 236 Å². The van der Waals surface area contributed by atoms with E-state index in [0.29, 0.717) is 76.3 Å². The second-order valence-electron chi connectivity index (χ2n) is 28.0. The van der Waals surface area contributed by atoms with Gasteiger partial charge < -0.3 is 94.7 Å². The van der Waals surface area contributed by atoms with Gasteiger partial charge in [-0.1, -0.05) is 90.0 Å². The largest absolute Gasteiger partial charge is 0.494 e. The molecule has 2 aliphatic heterocycles. The summed E-state index contributed by atoms with van der Waals surface area (Å²) in [6.07, 6.45) is 0.285. The number of likely N-dealkylation sites (tertiary alicyclic amines) is 1. The first-order valence-electron chi connectivity index (χ1n) is 36.7. The van der Waals surface area contributed by atoms with Crippen LogP contribution in [0.2, 0.25) is 0 Å². The maximum Gasteiger partial charge on any atom is 0.305 e. The summed E-state index contributed by atoms with van der Waals surface area (Å²) in [5.74, 6) is -12.9. The quantitative estimate of drug-likeness (QED) is 0.0191. The molecule has 0 bridgehead atoms. The van der Waals surface area contributed by atoms with Crippen LogP contribution in [0.4, 0.5) is 4.39 Å². The minimum Gasteiger partial charge on any atom is -0.494 e. The number of hydrogen-bond acceptors (Lipinski definition) is 22. The SMILES string of the molecule is CCc1cc(OCCCCN)ccc1-c1ccc(C[C@H](NC(=O)[C@H](CC(=O)O)NC(=O)[C@H](CO)NC(=O)[C@@H](NC(=O)[C@](C)(Cc2ccccc2F)NC(=O)[C@@H](NC(=O)CNC(=O)[C@H](Cc2nn[nH]n2)NC(=O)[C@H]2CCN(CCC3CN=CN3)C2)[C@@H](C)O)[C@@H](C)O)C(=O)N[C@@H](CCCc2cc(C)cc(C)c2)C(N)=O)cc1. The molecule has 1 fully saturated rings. The number of halogens is 1. The van der Waals surface area contributed by atoms with Gasteiger partial charge in [0.25, 0.3) is 0 Å². The summed E-state index contributed by atoms with van der Waals surface area (Å²) < 4.78 is 21.5. The maximum absolute atomic E-state index is 15.5. The van der Waals surface area contributed by atoms with Crippen LogP contribution in [0.1, 0.15) is 112 Å². The number of hydrogen-bond donors (Lipinski definition) is 17. The van der Waals surface area contributed by atoms with Crippen LogP contribution in [0.15, 0.2) is 89.9 Å². The number of carbonyl (C=O) groups excluding carboxylic acids is 10. The number of tetrazole rings is 1. The number of nitrogens with two attached hydrogens (primary N) is 2. The van der Waals surface area contributed by atoms with Crippen LogP contribution in [0.5, 0.6) is 5.75 Å². The van der Waals surface area contributed by atoms with E-state index in [1.807, 2.05) is 57.2 Å². The van der Waals surface area contributed by atoms with Crippen molar-refractivity contribution in [2.45, 2.75) is 185 Å². The van der Waals surface area contributed by atoms with E-state index in [1.165, 1.54) is 18.2 Å². The Hall–Kier alpha value is -10.9. The number of aliphatic hydroxyl groups excluding tert-OH is 3. The van der Waals surface area contributed by atoms with Gasteiger partial charge in [0.2, 0.25) is 59.1 Å². The van der Waals surface area contributed by atoms with Crippen molar-refractivity contribution in [1.82, 2.24) is 78.7 Å². The summed E-state index contributed by atoms with van der Waals surface area (Å²) in [4.78, 5) is 159. The Bertz CT molecular complexity index is 3990. The molecule has 19 N–H and O–H groups in total. The Morgan fingerprint density at radius 2 is 1.40 bits per heavy atom. The van der Waals surface area contributed by atoms with Crippen LogP contribution in [0.3, 0.4) is 0 Å². The van der Waals surface area contributed by atoms with Gasteiger partial charge in [-0.15, -0.1) is 10.2 Å². The molecule has 12 atom stereocenters. The monoisotopic (exact) mass is 1530 g/mol. The van der Waals surface area contributed by atoms with Gasteiger partial charge in [-0.3, -0.25) is 57.7 Å². The number of rotatable bonds is 44. The Balaban J connectivity index is 1.03. The average Bonchev–Trinajstić information content (AvgIpc) is 0.866. The first-order chi connectivity index (χ1) is 52.5. The van der Waals surface area contributed by atoms with E-state index in [9.17, 15) is 73.2 Å². The van der Waals surface area contributed by atoms with E-state index in [2.05, 4.69) is 83.7 Å². The number of primary amides is 1. The number of aromatic amines is 1. The smallest absolute Gasteiger partial charge is 0.305 e. The third-order valence-electron chi connectivity index (χ3n) is 18.9. The predicted octanol–water partition coefficient (Wildman–Crippen LogP) is -1.84. The lowest BCUT2D eigenvalue weighted by molar-refractivity contribution is -0.142. The predicted molar refractivity (Wildman–Crippen MR) is 400 cm³/mol. The number of carbonyl (C=O) groups is 11. The summed E-state index contributed by atoms with van der Waals surface area (Å²) in [5.41, 5.74) is 15.2. The standard InChI is InChI=1S/C75H103FN18O16/c1-7-48-33-53(110-28-11-10-25-77)21-22-54(48)49-19-17-46(18-20-49)32-57(69(104)82-56(66(78)101)16-12-13-47-30-42(2)29-43(3)31-47)84-70(105)59(35-63(99)100)85-71(106)60(40-95)86-72(107)64(44(4)96)88-74(109)75(6,36-50-14-8-9-15-55(50)76)89-73(108)65(45(5)97)87-62(98)38-80-68(103)58(34-61-90-92-93-91-61)83-67(102)51-23-26-94(39-51)27-24-52-37-79-41-81-52/h8-9,14-15,17-22,29-31,33,41,44-45,51-52,56-60,64-65,95-97H,7,10-13,16,23-28,32,34-40,77H2,1-6H3,(H2,78,101)(H,79,81)(H,80,103)(H,82,104)(H,83,102)(H,84,105)(H,85,106)(H,86,107)(H,87,98)(H,88,109)(H,89,108)(H,99,100)(H,90,91,92,93)/t44-,45-,51+,52?,56+,57+,58+,59+,60+,64+,65+,75+/m1/s1.